The fraction of sp³-hybridized carbons (Fsp3) is 0.833. The van der Waals surface area contributed by atoms with E-state index in [1.54, 1.807) is 13.8 Å². The Hall–Kier alpha value is -1.63. The van der Waals surface area contributed by atoms with Gasteiger partial charge in [0.2, 0.25) is 5.91 Å². The summed E-state index contributed by atoms with van der Waals surface area (Å²) in [5.74, 6) is -0.0764. The van der Waals surface area contributed by atoms with E-state index >= 15 is 0 Å². The maximum Gasteiger partial charge on any atom is 0.325 e. The molecule has 3 fully saturated rings. The number of hydrogen-bond acceptors (Lipinski definition) is 4. The summed E-state index contributed by atoms with van der Waals surface area (Å²) in [6, 6.07) is 0.368. The fourth-order valence-electron chi connectivity index (χ4n) is 4.17. The molecular formula is C18H30N4O3. The normalized spacial score (nSPS) is 24.9. The lowest BCUT2D eigenvalue weighted by Gasteiger charge is -2.38. The van der Waals surface area contributed by atoms with E-state index in [0.29, 0.717) is 19.4 Å². The van der Waals surface area contributed by atoms with E-state index in [9.17, 15) is 14.4 Å². The minimum absolute atomic E-state index is 0.136. The van der Waals surface area contributed by atoms with Gasteiger partial charge in [-0.1, -0.05) is 12.8 Å². The van der Waals surface area contributed by atoms with Crippen LogP contribution in [0.4, 0.5) is 4.79 Å². The first-order valence-corrected chi connectivity index (χ1v) is 9.54. The molecule has 7 nitrogen and oxygen atoms in total. The van der Waals surface area contributed by atoms with Crippen molar-refractivity contribution in [1.29, 1.82) is 0 Å². The molecule has 0 spiro atoms. The highest BCUT2D eigenvalue weighted by molar-refractivity contribution is 6.06. The molecule has 0 aromatic rings. The third-order valence-corrected chi connectivity index (χ3v) is 5.72. The van der Waals surface area contributed by atoms with Gasteiger partial charge in [0.1, 0.15) is 5.54 Å². The van der Waals surface area contributed by atoms with Crippen molar-refractivity contribution in [3.8, 4) is 0 Å². The van der Waals surface area contributed by atoms with Crippen molar-refractivity contribution in [2.45, 2.75) is 64.0 Å². The Morgan fingerprint density at radius 2 is 1.76 bits per heavy atom. The highest BCUT2D eigenvalue weighted by atomic mass is 16.2. The van der Waals surface area contributed by atoms with E-state index < -0.39 is 5.54 Å². The predicted molar refractivity (Wildman–Crippen MR) is 94.0 cm³/mol. The molecule has 0 aromatic heterocycles. The number of piperazine rings is 1. The maximum absolute atomic E-state index is 12.4. The van der Waals surface area contributed by atoms with Gasteiger partial charge < -0.3 is 10.2 Å². The Morgan fingerprint density at radius 1 is 1.12 bits per heavy atom. The summed E-state index contributed by atoms with van der Waals surface area (Å²) < 4.78 is 0. The van der Waals surface area contributed by atoms with Gasteiger partial charge in [0.05, 0.1) is 0 Å². The molecule has 0 aromatic carbocycles. The Bertz CT molecular complexity index is 534. The summed E-state index contributed by atoms with van der Waals surface area (Å²) in [6.45, 7) is 7.23. The molecule has 0 bridgehead atoms. The molecule has 0 radical (unpaired) electrons. The summed E-state index contributed by atoms with van der Waals surface area (Å²) in [6.07, 6.45) is 6.19. The largest absolute Gasteiger partial charge is 0.340 e. The van der Waals surface area contributed by atoms with Crippen LogP contribution in [0.1, 0.15) is 52.4 Å². The van der Waals surface area contributed by atoms with Gasteiger partial charge in [-0.15, -0.1) is 0 Å². The van der Waals surface area contributed by atoms with Gasteiger partial charge in [0.25, 0.3) is 5.91 Å². The van der Waals surface area contributed by atoms with Gasteiger partial charge >= 0.3 is 6.03 Å². The number of carbonyl (C=O) groups excluding carboxylic acids is 3. The van der Waals surface area contributed by atoms with Gasteiger partial charge in [-0.2, -0.15) is 0 Å². The minimum atomic E-state index is -0.836. The number of urea groups is 1. The second-order valence-electron chi connectivity index (χ2n) is 7.97. The highest BCUT2D eigenvalue weighted by Crippen LogP contribution is 2.24. The molecule has 4 amide bonds. The van der Waals surface area contributed by atoms with Gasteiger partial charge in [-0.05, 0) is 33.1 Å². The Labute approximate surface area is 149 Å². The third kappa shape index (κ3) is 3.97. The van der Waals surface area contributed by atoms with Crippen LogP contribution in [0.25, 0.3) is 0 Å². The van der Waals surface area contributed by atoms with Crippen molar-refractivity contribution in [1.82, 2.24) is 20.0 Å². The van der Waals surface area contributed by atoms with Crippen molar-refractivity contribution in [3.63, 3.8) is 0 Å². The molecule has 1 aliphatic carbocycles. The van der Waals surface area contributed by atoms with Crippen molar-refractivity contribution in [2.24, 2.45) is 0 Å². The second kappa shape index (κ2) is 7.32. The fourth-order valence-corrected chi connectivity index (χ4v) is 4.17. The van der Waals surface area contributed by atoms with Crippen LogP contribution in [0, 0.1) is 0 Å². The number of imide groups is 1. The predicted octanol–water partition coefficient (Wildman–Crippen LogP) is 1.18. The minimum Gasteiger partial charge on any atom is -0.340 e. The molecule has 1 saturated carbocycles. The van der Waals surface area contributed by atoms with E-state index in [2.05, 4.69) is 10.2 Å². The maximum atomic E-state index is 12.4. The van der Waals surface area contributed by atoms with Crippen LogP contribution in [0.5, 0.6) is 0 Å². The molecule has 0 unspecified atom stereocenters. The topological polar surface area (TPSA) is 73.0 Å². The zero-order valence-electron chi connectivity index (χ0n) is 15.4. The van der Waals surface area contributed by atoms with Crippen molar-refractivity contribution in [3.05, 3.63) is 0 Å². The lowest BCUT2D eigenvalue weighted by atomic mass is 10.1. The highest BCUT2D eigenvalue weighted by Gasteiger charge is 2.43. The molecule has 2 heterocycles. The standard InChI is InChI=1S/C18H30N4O3/c1-18(2)16(24)22(17(25)19-18)9-5-8-15(23)21-12-10-20(11-13-21)14-6-3-4-7-14/h14H,3-13H2,1-2H3,(H,19,25). The Balaban J connectivity index is 1.39. The summed E-state index contributed by atoms with van der Waals surface area (Å²) in [5.41, 5.74) is -0.836. The lowest BCUT2D eigenvalue weighted by molar-refractivity contribution is -0.134. The van der Waals surface area contributed by atoms with Crippen LogP contribution in [-0.4, -0.2) is 76.8 Å². The Morgan fingerprint density at radius 3 is 2.32 bits per heavy atom. The third-order valence-electron chi connectivity index (χ3n) is 5.72. The van der Waals surface area contributed by atoms with E-state index in [4.69, 9.17) is 0 Å². The van der Waals surface area contributed by atoms with E-state index in [-0.39, 0.29) is 17.8 Å². The zero-order chi connectivity index (χ0) is 18.0. The molecule has 25 heavy (non-hydrogen) atoms. The average molecular weight is 350 g/mol. The van der Waals surface area contributed by atoms with Crippen LogP contribution in [0.3, 0.4) is 0 Å². The van der Waals surface area contributed by atoms with Crippen LogP contribution in [0.15, 0.2) is 0 Å². The quantitative estimate of drug-likeness (QED) is 0.756. The molecule has 3 rings (SSSR count). The summed E-state index contributed by atoms with van der Waals surface area (Å²) in [7, 11) is 0. The SMILES string of the molecule is CC1(C)NC(=O)N(CCCC(=O)N2CCN(C3CCCC3)CC2)C1=O. The number of rotatable bonds is 5. The monoisotopic (exact) mass is 350 g/mol. The van der Waals surface area contributed by atoms with Crippen LogP contribution < -0.4 is 5.32 Å². The van der Waals surface area contributed by atoms with Gasteiger partial charge in [-0.25, -0.2) is 4.79 Å². The van der Waals surface area contributed by atoms with Gasteiger partial charge in [-0.3, -0.25) is 19.4 Å². The van der Waals surface area contributed by atoms with Crippen molar-refractivity contribution in [2.75, 3.05) is 32.7 Å². The van der Waals surface area contributed by atoms with Crippen molar-refractivity contribution >= 4 is 17.8 Å². The number of hydrogen-bond donors (Lipinski definition) is 1. The van der Waals surface area contributed by atoms with Gasteiger partial charge in [0.15, 0.2) is 0 Å². The number of carbonyl (C=O) groups is 3. The zero-order valence-corrected chi connectivity index (χ0v) is 15.4. The first-order chi connectivity index (χ1) is 11.9. The average Bonchev–Trinajstić information content (AvgIpc) is 3.17. The molecule has 1 N–H and O–H groups in total. The number of nitrogens with one attached hydrogen (secondary N) is 1. The van der Waals surface area contributed by atoms with E-state index in [1.807, 2.05) is 4.90 Å². The van der Waals surface area contributed by atoms with Crippen LogP contribution in [-0.2, 0) is 9.59 Å². The number of amides is 4. The molecular weight excluding hydrogens is 320 g/mol. The summed E-state index contributed by atoms with van der Waals surface area (Å²) in [4.78, 5) is 42.0. The molecule has 2 aliphatic heterocycles. The van der Waals surface area contributed by atoms with Crippen LogP contribution in [0.2, 0.25) is 0 Å². The smallest absolute Gasteiger partial charge is 0.325 e. The molecule has 7 heteroatoms. The first-order valence-electron chi connectivity index (χ1n) is 9.54. The molecule has 3 aliphatic rings. The molecule has 140 valence electrons. The Kier molecular flexibility index (Phi) is 5.32. The van der Waals surface area contributed by atoms with E-state index in [1.165, 1.54) is 30.6 Å². The lowest BCUT2D eigenvalue weighted by Crippen LogP contribution is -2.51. The summed E-state index contributed by atoms with van der Waals surface area (Å²) in [5, 5.41) is 2.66. The van der Waals surface area contributed by atoms with Gasteiger partial charge in [0, 0.05) is 45.2 Å². The van der Waals surface area contributed by atoms with Crippen molar-refractivity contribution < 1.29 is 14.4 Å². The summed E-state index contributed by atoms with van der Waals surface area (Å²) >= 11 is 0. The first kappa shape index (κ1) is 18.2. The number of nitrogens with zero attached hydrogens (tertiary/aromatic N) is 3. The molecule has 0 atom stereocenters. The molecule has 2 saturated heterocycles. The van der Waals surface area contributed by atoms with Crippen LogP contribution >= 0.6 is 0 Å². The van der Waals surface area contributed by atoms with E-state index in [0.717, 1.165) is 32.2 Å². The second-order valence-corrected chi connectivity index (χ2v) is 7.97.